The van der Waals surface area contributed by atoms with Crippen molar-refractivity contribution in [3.63, 3.8) is 0 Å². The number of hydrogen-bond donors (Lipinski definition) is 2. The average molecular weight is 319 g/mol. The summed E-state index contributed by atoms with van der Waals surface area (Å²) in [5.41, 5.74) is 1.39. The zero-order valence-corrected chi connectivity index (χ0v) is 13.2. The SMILES string of the molecule is CC1CCNCC1NC(=O)c1cnn(-c2cccc(Cl)c2)c1. The molecule has 2 unspecified atom stereocenters. The molecular weight excluding hydrogens is 300 g/mol. The molecule has 1 amide bonds. The van der Waals surface area contributed by atoms with Gasteiger partial charge in [0, 0.05) is 23.8 Å². The van der Waals surface area contributed by atoms with Crippen molar-refractivity contribution < 1.29 is 4.79 Å². The fourth-order valence-corrected chi connectivity index (χ4v) is 2.82. The molecule has 6 heteroatoms. The third kappa shape index (κ3) is 3.31. The Balaban J connectivity index is 1.71. The molecule has 0 aliphatic carbocycles. The van der Waals surface area contributed by atoms with Crippen LogP contribution < -0.4 is 10.6 Å². The van der Waals surface area contributed by atoms with Gasteiger partial charge in [-0.15, -0.1) is 0 Å². The van der Waals surface area contributed by atoms with Crippen LogP contribution in [-0.4, -0.2) is 34.8 Å². The second-order valence-corrected chi connectivity index (χ2v) is 6.14. The summed E-state index contributed by atoms with van der Waals surface area (Å²) in [5, 5.41) is 11.3. The molecular formula is C16H19ClN4O. The van der Waals surface area contributed by atoms with E-state index in [2.05, 4.69) is 22.7 Å². The van der Waals surface area contributed by atoms with Crippen LogP contribution in [0.1, 0.15) is 23.7 Å². The minimum Gasteiger partial charge on any atom is -0.348 e. The highest BCUT2D eigenvalue weighted by Crippen LogP contribution is 2.15. The molecule has 0 radical (unpaired) electrons. The van der Waals surface area contributed by atoms with E-state index >= 15 is 0 Å². The summed E-state index contributed by atoms with van der Waals surface area (Å²) in [6.07, 6.45) is 4.38. The molecule has 2 N–H and O–H groups in total. The third-order valence-electron chi connectivity index (χ3n) is 4.06. The van der Waals surface area contributed by atoms with Crippen LogP contribution in [0.3, 0.4) is 0 Å². The molecule has 0 bridgehead atoms. The van der Waals surface area contributed by atoms with Gasteiger partial charge in [-0.25, -0.2) is 4.68 Å². The lowest BCUT2D eigenvalue weighted by Gasteiger charge is -2.30. The van der Waals surface area contributed by atoms with Crippen molar-refractivity contribution in [2.45, 2.75) is 19.4 Å². The maximum Gasteiger partial charge on any atom is 0.254 e. The first kappa shape index (κ1) is 15.1. The van der Waals surface area contributed by atoms with Crippen molar-refractivity contribution in [2.75, 3.05) is 13.1 Å². The Morgan fingerprint density at radius 3 is 3.14 bits per heavy atom. The summed E-state index contributed by atoms with van der Waals surface area (Å²) in [4.78, 5) is 12.4. The number of carbonyl (C=O) groups is 1. The van der Waals surface area contributed by atoms with Crippen molar-refractivity contribution in [1.29, 1.82) is 0 Å². The van der Waals surface area contributed by atoms with Crippen molar-refractivity contribution in [2.24, 2.45) is 5.92 Å². The normalized spacial score (nSPS) is 21.5. The van der Waals surface area contributed by atoms with Gasteiger partial charge in [0.2, 0.25) is 0 Å². The highest BCUT2D eigenvalue weighted by Gasteiger charge is 2.23. The van der Waals surface area contributed by atoms with E-state index in [0.717, 1.165) is 25.2 Å². The van der Waals surface area contributed by atoms with Crippen LogP contribution in [0, 0.1) is 5.92 Å². The molecule has 1 aliphatic rings. The Morgan fingerprint density at radius 2 is 2.36 bits per heavy atom. The number of rotatable bonds is 3. The maximum absolute atomic E-state index is 12.4. The zero-order valence-electron chi connectivity index (χ0n) is 12.4. The number of nitrogens with one attached hydrogen (secondary N) is 2. The molecule has 22 heavy (non-hydrogen) atoms. The number of carbonyl (C=O) groups excluding carboxylic acids is 1. The first-order valence-corrected chi connectivity index (χ1v) is 7.83. The van der Waals surface area contributed by atoms with E-state index in [1.807, 2.05) is 18.2 Å². The lowest BCUT2D eigenvalue weighted by molar-refractivity contribution is 0.0915. The molecule has 2 aromatic rings. The Hall–Kier alpha value is -1.85. The first-order chi connectivity index (χ1) is 10.6. The summed E-state index contributed by atoms with van der Waals surface area (Å²) in [5.74, 6) is 0.391. The highest BCUT2D eigenvalue weighted by molar-refractivity contribution is 6.30. The molecule has 0 spiro atoms. The van der Waals surface area contributed by atoms with Gasteiger partial charge in [-0.05, 0) is 37.1 Å². The maximum atomic E-state index is 12.4. The van der Waals surface area contributed by atoms with Gasteiger partial charge in [0.25, 0.3) is 5.91 Å². The highest BCUT2D eigenvalue weighted by atomic mass is 35.5. The van der Waals surface area contributed by atoms with Gasteiger partial charge < -0.3 is 10.6 Å². The number of hydrogen-bond acceptors (Lipinski definition) is 3. The van der Waals surface area contributed by atoms with Crippen LogP contribution in [0.2, 0.25) is 5.02 Å². The fraction of sp³-hybridized carbons (Fsp3) is 0.375. The molecule has 1 aromatic heterocycles. The monoisotopic (exact) mass is 318 g/mol. The predicted octanol–water partition coefficient (Wildman–Crippen LogP) is 2.25. The van der Waals surface area contributed by atoms with E-state index in [0.29, 0.717) is 16.5 Å². The number of aromatic nitrogens is 2. The van der Waals surface area contributed by atoms with Crippen LogP contribution in [0.15, 0.2) is 36.7 Å². The number of amides is 1. The van der Waals surface area contributed by atoms with Crippen LogP contribution in [0.25, 0.3) is 5.69 Å². The standard InChI is InChI=1S/C16H19ClN4O/c1-11-5-6-18-9-15(11)20-16(22)12-8-19-21(10-12)14-4-2-3-13(17)7-14/h2-4,7-8,10-11,15,18H,5-6,9H2,1H3,(H,20,22). The molecule has 116 valence electrons. The van der Waals surface area contributed by atoms with Crippen molar-refractivity contribution in [1.82, 2.24) is 20.4 Å². The largest absolute Gasteiger partial charge is 0.348 e. The van der Waals surface area contributed by atoms with E-state index < -0.39 is 0 Å². The van der Waals surface area contributed by atoms with E-state index in [9.17, 15) is 4.79 Å². The topological polar surface area (TPSA) is 58.9 Å². The Labute approximate surface area is 134 Å². The molecule has 1 aromatic carbocycles. The fourth-order valence-electron chi connectivity index (χ4n) is 2.63. The average Bonchev–Trinajstić information content (AvgIpc) is 2.99. The number of nitrogens with zero attached hydrogens (tertiary/aromatic N) is 2. The molecule has 1 aliphatic heterocycles. The number of benzene rings is 1. The van der Waals surface area contributed by atoms with Gasteiger partial charge in [0.05, 0.1) is 17.4 Å². The number of halogens is 1. The van der Waals surface area contributed by atoms with Crippen LogP contribution in [0.5, 0.6) is 0 Å². The minimum absolute atomic E-state index is 0.0890. The first-order valence-electron chi connectivity index (χ1n) is 7.45. The molecule has 5 nitrogen and oxygen atoms in total. The molecule has 1 saturated heterocycles. The minimum atomic E-state index is -0.0890. The molecule has 1 fully saturated rings. The third-order valence-corrected chi connectivity index (χ3v) is 4.30. The van der Waals surface area contributed by atoms with Crippen molar-refractivity contribution >= 4 is 17.5 Å². The Morgan fingerprint density at radius 1 is 1.50 bits per heavy atom. The quantitative estimate of drug-likeness (QED) is 0.912. The summed E-state index contributed by atoms with van der Waals surface area (Å²) >= 11 is 5.98. The van der Waals surface area contributed by atoms with Crippen molar-refractivity contribution in [3.05, 3.63) is 47.2 Å². The zero-order chi connectivity index (χ0) is 15.5. The lowest BCUT2D eigenvalue weighted by Crippen LogP contribution is -2.50. The van der Waals surface area contributed by atoms with Crippen LogP contribution in [-0.2, 0) is 0 Å². The van der Waals surface area contributed by atoms with Gasteiger partial charge in [0.1, 0.15) is 0 Å². The lowest BCUT2D eigenvalue weighted by atomic mass is 9.94. The smallest absolute Gasteiger partial charge is 0.254 e. The van der Waals surface area contributed by atoms with E-state index in [4.69, 9.17) is 11.6 Å². The molecule has 3 rings (SSSR count). The summed E-state index contributed by atoms with van der Waals surface area (Å²) in [6, 6.07) is 7.53. The molecule has 2 atom stereocenters. The summed E-state index contributed by atoms with van der Waals surface area (Å²) < 4.78 is 1.66. The van der Waals surface area contributed by atoms with Crippen molar-refractivity contribution in [3.8, 4) is 5.69 Å². The summed E-state index contributed by atoms with van der Waals surface area (Å²) in [6.45, 7) is 4.00. The van der Waals surface area contributed by atoms with Crippen LogP contribution in [0.4, 0.5) is 0 Å². The van der Waals surface area contributed by atoms with Gasteiger partial charge in [-0.1, -0.05) is 24.6 Å². The Kier molecular flexibility index (Phi) is 4.45. The summed E-state index contributed by atoms with van der Waals surface area (Å²) in [7, 11) is 0. The van der Waals surface area contributed by atoms with E-state index in [1.165, 1.54) is 0 Å². The van der Waals surface area contributed by atoms with E-state index in [-0.39, 0.29) is 11.9 Å². The second-order valence-electron chi connectivity index (χ2n) is 5.70. The second kappa shape index (κ2) is 6.50. The van der Waals surface area contributed by atoms with Gasteiger partial charge in [-0.3, -0.25) is 4.79 Å². The molecule has 2 heterocycles. The van der Waals surface area contributed by atoms with Gasteiger partial charge >= 0.3 is 0 Å². The van der Waals surface area contributed by atoms with Gasteiger partial charge in [0.15, 0.2) is 0 Å². The van der Waals surface area contributed by atoms with Gasteiger partial charge in [-0.2, -0.15) is 5.10 Å². The Bertz CT molecular complexity index is 670. The molecule has 0 saturated carbocycles. The van der Waals surface area contributed by atoms with E-state index in [1.54, 1.807) is 23.1 Å². The number of piperidine rings is 1. The predicted molar refractivity (Wildman–Crippen MR) is 86.5 cm³/mol. The van der Waals surface area contributed by atoms with Crippen LogP contribution >= 0.6 is 11.6 Å².